The number of ether oxygens (including phenoxy) is 1. The van der Waals surface area contributed by atoms with E-state index in [1.54, 1.807) is 7.11 Å². The average Bonchev–Trinajstić information content (AvgIpc) is 2.88. The number of hydrogen-bond donors (Lipinski definition) is 2. The molecule has 1 unspecified atom stereocenters. The van der Waals surface area contributed by atoms with E-state index in [-0.39, 0.29) is 6.03 Å². The van der Waals surface area contributed by atoms with Gasteiger partial charge in [-0.25, -0.2) is 4.79 Å². The van der Waals surface area contributed by atoms with Crippen molar-refractivity contribution in [2.24, 2.45) is 0 Å². The van der Waals surface area contributed by atoms with E-state index in [4.69, 9.17) is 4.74 Å². The molecule has 1 aliphatic heterocycles. The molecule has 1 aromatic rings. The van der Waals surface area contributed by atoms with E-state index >= 15 is 0 Å². The molecule has 1 aromatic carbocycles. The van der Waals surface area contributed by atoms with E-state index < -0.39 is 0 Å². The normalized spacial score (nSPS) is 18.4. The summed E-state index contributed by atoms with van der Waals surface area (Å²) < 4.78 is 5.09. The molecule has 0 saturated carbocycles. The van der Waals surface area contributed by atoms with Gasteiger partial charge in [0.05, 0.1) is 7.11 Å². The van der Waals surface area contributed by atoms with Crippen LogP contribution in [-0.4, -0.2) is 44.2 Å². The molecule has 1 fully saturated rings. The van der Waals surface area contributed by atoms with Crippen LogP contribution in [0.25, 0.3) is 0 Å². The van der Waals surface area contributed by atoms with Crippen LogP contribution in [0.1, 0.15) is 12.8 Å². The Morgan fingerprint density at radius 1 is 1.42 bits per heavy atom. The Morgan fingerprint density at radius 2 is 2.16 bits per heavy atom. The fraction of sp³-hybridized carbons (Fsp3) is 0.500. The van der Waals surface area contributed by atoms with Gasteiger partial charge in [-0.2, -0.15) is 0 Å². The van der Waals surface area contributed by atoms with Crippen molar-refractivity contribution < 1.29 is 9.53 Å². The number of nitrogens with zero attached hydrogens (tertiary/aromatic N) is 1. The number of carbonyl (C=O) groups excluding carboxylic acids is 1. The quantitative estimate of drug-likeness (QED) is 0.872. The van der Waals surface area contributed by atoms with E-state index in [9.17, 15) is 4.79 Å². The molecule has 5 nitrogen and oxygen atoms in total. The van der Waals surface area contributed by atoms with Crippen LogP contribution in [0, 0.1) is 0 Å². The Bertz CT molecular complexity index is 419. The number of anilines is 1. The van der Waals surface area contributed by atoms with Crippen molar-refractivity contribution >= 4 is 11.7 Å². The SMILES string of the molecule is CNCC1CCCN1C(=O)Nc1ccc(OC)cc1. The van der Waals surface area contributed by atoms with E-state index in [0.29, 0.717) is 6.04 Å². The lowest BCUT2D eigenvalue weighted by Crippen LogP contribution is -2.43. The minimum Gasteiger partial charge on any atom is -0.497 e. The minimum atomic E-state index is -0.0251. The first-order valence-electron chi connectivity index (χ1n) is 6.61. The van der Waals surface area contributed by atoms with Crippen molar-refractivity contribution in [3.63, 3.8) is 0 Å². The summed E-state index contributed by atoms with van der Waals surface area (Å²) in [5, 5.41) is 6.06. The first-order valence-corrected chi connectivity index (χ1v) is 6.61. The molecule has 1 heterocycles. The Labute approximate surface area is 113 Å². The van der Waals surface area contributed by atoms with Gasteiger partial charge in [0.25, 0.3) is 0 Å². The van der Waals surface area contributed by atoms with Gasteiger partial charge in [0, 0.05) is 24.8 Å². The van der Waals surface area contributed by atoms with Crippen molar-refractivity contribution in [2.75, 3.05) is 32.6 Å². The number of carbonyl (C=O) groups is 1. The molecule has 0 aromatic heterocycles. The Kier molecular flexibility index (Phi) is 4.63. The number of rotatable bonds is 4. The first-order chi connectivity index (χ1) is 9.24. The van der Waals surface area contributed by atoms with Gasteiger partial charge in [-0.15, -0.1) is 0 Å². The Morgan fingerprint density at radius 3 is 2.79 bits per heavy atom. The number of likely N-dealkylation sites (N-methyl/N-ethyl adjacent to an activating group) is 1. The highest BCUT2D eigenvalue weighted by Gasteiger charge is 2.27. The van der Waals surface area contributed by atoms with Gasteiger partial charge in [-0.1, -0.05) is 0 Å². The molecule has 0 spiro atoms. The summed E-state index contributed by atoms with van der Waals surface area (Å²) in [6.07, 6.45) is 2.14. The third kappa shape index (κ3) is 3.38. The zero-order chi connectivity index (χ0) is 13.7. The highest BCUT2D eigenvalue weighted by molar-refractivity contribution is 5.89. The fourth-order valence-corrected chi connectivity index (χ4v) is 2.42. The van der Waals surface area contributed by atoms with E-state index in [0.717, 1.165) is 37.4 Å². The van der Waals surface area contributed by atoms with Gasteiger partial charge in [0.15, 0.2) is 0 Å². The zero-order valence-corrected chi connectivity index (χ0v) is 11.5. The Hall–Kier alpha value is -1.75. The predicted molar refractivity (Wildman–Crippen MR) is 75.7 cm³/mol. The Balaban J connectivity index is 1.95. The molecular weight excluding hydrogens is 242 g/mol. The van der Waals surface area contributed by atoms with Gasteiger partial charge in [0.1, 0.15) is 5.75 Å². The van der Waals surface area contributed by atoms with Crippen molar-refractivity contribution in [1.82, 2.24) is 10.2 Å². The smallest absolute Gasteiger partial charge is 0.322 e. The molecule has 19 heavy (non-hydrogen) atoms. The number of amides is 2. The van der Waals surface area contributed by atoms with Crippen LogP contribution >= 0.6 is 0 Å². The molecule has 0 radical (unpaired) electrons. The number of benzene rings is 1. The summed E-state index contributed by atoms with van der Waals surface area (Å²) in [5.74, 6) is 0.784. The minimum absolute atomic E-state index is 0.0251. The van der Waals surface area contributed by atoms with Crippen LogP contribution in [0.3, 0.4) is 0 Å². The maximum atomic E-state index is 12.2. The van der Waals surface area contributed by atoms with E-state index in [2.05, 4.69) is 10.6 Å². The van der Waals surface area contributed by atoms with Gasteiger partial charge in [-0.3, -0.25) is 0 Å². The number of methoxy groups -OCH3 is 1. The molecule has 1 atom stereocenters. The van der Waals surface area contributed by atoms with E-state index in [1.807, 2.05) is 36.2 Å². The molecule has 104 valence electrons. The predicted octanol–water partition coefficient (Wildman–Crippen LogP) is 1.91. The number of hydrogen-bond acceptors (Lipinski definition) is 3. The highest BCUT2D eigenvalue weighted by atomic mass is 16.5. The maximum absolute atomic E-state index is 12.2. The van der Waals surface area contributed by atoms with Crippen LogP contribution in [0.15, 0.2) is 24.3 Å². The van der Waals surface area contributed by atoms with Crippen LogP contribution in [-0.2, 0) is 0 Å². The van der Waals surface area contributed by atoms with Gasteiger partial charge >= 0.3 is 6.03 Å². The molecule has 0 bridgehead atoms. The number of urea groups is 1. The fourth-order valence-electron chi connectivity index (χ4n) is 2.42. The second-order valence-electron chi connectivity index (χ2n) is 4.71. The standard InChI is InChI=1S/C14H21N3O2/c1-15-10-12-4-3-9-17(12)14(18)16-11-5-7-13(19-2)8-6-11/h5-8,12,15H,3-4,9-10H2,1-2H3,(H,16,18). The highest BCUT2D eigenvalue weighted by Crippen LogP contribution is 2.19. The number of nitrogens with one attached hydrogen (secondary N) is 2. The van der Waals surface area contributed by atoms with Crippen LogP contribution in [0.4, 0.5) is 10.5 Å². The van der Waals surface area contributed by atoms with Crippen molar-refractivity contribution in [1.29, 1.82) is 0 Å². The van der Waals surface area contributed by atoms with Crippen LogP contribution < -0.4 is 15.4 Å². The summed E-state index contributed by atoms with van der Waals surface area (Å²) in [6.45, 7) is 1.67. The maximum Gasteiger partial charge on any atom is 0.322 e. The lowest BCUT2D eigenvalue weighted by Gasteiger charge is -2.24. The lowest BCUT2D eigenvalue weighted by atomic mass is 10.2. The molecule has 1 saturated heterocycles. The van der Waals surface area contributed by atoms with Crippen molar-refractivity contribution in [2.45, 2.75) is 18.9 Å². The third-order valence-electron chi connectivity index (χ3n) is 3.42. The van der Waals surface area contributed by atoms with Gasteiger partial charge in [-0.05, 0) is 44.2 Å². The molecule has 2 amide bonds. The summed E-state index contributed by atoms with van der Waals surface area (Å²) in [5.41, 5.74) is 0.793. The molecule has 2 rings (SSSR count). The van der Waals surface area contributed by atoms with Crippen molar-refractivity contribution in [3.05, 3.63) is 24.3 Å². The second kappa shape index (κ2) is 6.43. The topological polar surface area (TPSA) is 53.6 Å². The van der Waals surface area contributed by atoms with Crippen LogP contribution in [0.5, 0.6) is 5.75 Å². The second-order valence-corrected chi connectivity index (χ2v) is 4.71. The summed E-state index contributed by atoms with van der Waals surface area (Å²) >= 11 is 0. The third-order valence-corrected chi connectivity index (χ3v) is 3.42. The van der Waals surface area contributed by atoms with E-state index in [1.165, 1.54) is 0 Å². The molecular formula is C14H21N3O2. The summed E-state index contributed by atoms with van der Waals surface area (Å²) in [6, 6.07) is 7.64. The summed E-state index contributed by atoms with van der Waals surface area (Å²) in [7, 11) is 3.54. The number of likely N-dealkylation sites (tertiary alicyclic amines) is 1. The lowest BCUT2D eigenvalue weighted by molar-refractivity contribution is 0.206. The van der Waals surface area contributed by atoms with Crippen LogP contribution in [0.2, 0.25) is 0 Å². The zero-order valence-electron chi connectivity index (χ0n) is 11.5. The van der Waals surface area contributed by atoms with Crippen molar-refractivity contribution in [3.8, 4) is 5.75 Å². The molecule has 1 aliphatic rings. The summed E-state index contributed by atoms with van der Waals surface area (Å²) in [4.78, 5) is 14.1. The molecule has 0 aliphatic carbocycles. The largest absolute Gasteiger partial charge is 0.497 e. The molecule has 5 heteroatoms. The van der Waals surface area contributed by atoms with Gasteiger partial charge in [0.2, 0.25) is 0 Å². The monoisotopic (exact) mass is 263 g/mol. The molecule has 2 N–H and O–H groups in total. The average molecular weight is 263 g/mol. The first kappa shape index (κ1) is 13.7. The van der Waals surface area contributed by atoms with Gasteiger partial charge < -0.3 is 20.3 Å².